The first-order chi connectivity index (χ1) is 14.9. The molecule has 0 aromatic carbocycles. The highest BCUT2D eigenvalue weighted by Crippen LogP contribution is 2.29. The summed E-state index contributed by atoms with van der Waals surface area (Å²) in [5.41, 5.74) is 0.0113. The van der Waals surface area contributed by atoms with Crippen molar-refractivity contribution < 1.29 is 28.0 Å². The maximum atomic E-state index is 12.5. The number of carbonyl (C=O) groups excluding carboxylic acids is 3. The summed E-state index contributed by atoms with van der Waals surface area (Å²) < 4.78 is 17.7. The maximum Gasteiger partial charge on any atom is 0.344 e. The minimum atomic E-state index is -0.735. The number of thioether (sulfide) groups is 1. The molecular weight excluding hydrogens is 424 g/mol. The van der Waals surface area contributed by atoms with Crippen LogP contribution in [0, 0.1) is 6.92 Å². The summed E-state index contributed by atoms with van der Waals surface area (Å²) in [6.07, 6.45) is 1.55. The van der Waals surface area contributed by atoms with Gasteiger partial charge in [-0.05, 0) is 39.8 Å². The highest BCUT2D eigenvalue weighted by atomic mass is 32.2. The Bertz CT molecular complexity index is 1100. The number of hydrogen-bond acceptors (Lipinski definition) is 9. The molecule has 1 N–H and O–H groups in total. The highest BCUT2D eigenvalue weighted by Gasteiger charge is 2.29. The first-order valence-electron chi connectivity index (χ1n) is 9.58. The lowest BCUT2D eigenvalue weighted by Crippen LogP contribution is -2.18. The second-order valence-corrected chi connectivity index (χ2v) is 7.32. The number of ether oxygens (including phenoxy) is 1. The van der Waals surface area contributed by atoms with Gasteiger partial charge in [0.15, 0.2) is 22.5 Å². The van der Waals surface area contributed by atoms with E-state index in [2.05, 4.69) is 15.5 Å². The van der Waals surface area contributed by atoms with Crippen LogP contribution in [0.1, 0.15) is 47.2 Å². The quantitative estimate of drug-likeness (QED) is 0.298. The van der Waals surface area contributed by atoms with E-state index in [1.807, 2.05) is 11.5 Å². The van der Waals surface area contributed by atoms with Gasteiger partial charge in [-0.2, -0.15) is 0 Å². The molecule has 0 radical (unpaired) electrons. The topological polar surface area (TPSA) is 129 Å². The Balaban J connectivity index is 1.76. The van der Waals surface area contributed by atoms with Crippen molar-refractivity contribution in [1.29, 1.82) is 0 Å². The molecule has 0 aliphatic rings. The van der Waals surface area contributed by atoms with Crippen LogP contribution in [0.25, 0.3) is 11.6 Å². The van der Waals surface area contributed by atoms with Crippen LogP contribution in [0.15, 0.2) is 32.4 Å². The van der Waals surface area contributed by atoms with Gasteiger partial charge in [0.2, 0.25) is 11.8 Å². The number of furan rings is 2. The predicted octanol–water partition coefficient (Wildman–Crippen LogP) is 3.57. The van der Waals surface area contributed by atoms with E-state index >= 15 is 0 Å². The summed E-state index contributed by atoms with van der Waals surface area (Å²) in [6.45, 7) is 7.14. The van der Waals surface area contributed by atoms with E-state index in [0.717, 1.165) is 0 Å². The molecule has 3 heterocycles. The van der Waals surface area contributed by atoms with Crippen molar-refractivity contribution in [3.05, 3.63) is 35.3 Å². The van der Waals surface area contributed by atoms with Gasteiger partial charge in [-0.15, -0.1) is 10.2 Å². The summed E-state index contributed by atoms with van der Waals surface area (Å²) in [5, 5.41) is 11.3. The van der Waals surface area contributed by atoms with E-state index in [1.54, 1.807) is 32.2 Å². The van der Waals surface area contributed by atoms with Gasteiger partial charge in [-0.1, -0.05) is 11.8 Å². The molecule has 3 aromatic heterocycles. The average molecular weight is 446 g/mol. The summed E-state index contributed by atoms with van der Waals surface area (Å²) in [7, 11) is 0. The van der Waals surface area contributed by atoms with E-state index in [4.69, 9.17) is 13.6 Å². The number of esters is 1. The first kappa shape index (κ1) is 22.3. The van der Waals surface area contributed by atoms with Crippen molar-refractivity contribution >= 4 is 35.3 Å². The molecule has 0 saturated carbocycles. The lowest BCUT2D eigenvalue weighted by Gasteiger charge is -2.07. The van der Waals surface area contributed by atoms with E-state index in [0.29, 0.717) is 23.3 Å². The number of anilines is 1. The van der Waals surface area contributed by atoms with Crippen LogP contribution in [0.3, 0.4) is 0 Å². The maximum absolute atomic E-state index is 12.5. The molecule has 0 saturated heterocycles. The molecule has 11 heteroatoms. The molecule has 0 atom stereocenters. The van der Waals surface area contributed by atoms with Gasteiger partial charge >= 0.3 is 5.97 Å². The van der Waals surface area contributed by atoms with Crippen LogP contribution >= 0.6 is 11.8 Å². The fourth-order valence-electron chi connectivity index (χ4n) is 3.02. The van der Waals surface area contributed by atoms with Gasteiger partial charge in [-0.25, -0.2) is 4.79 Å². The van der Waals surface area contributed by atoms with Gasteiger partial charge in [0, 0.05) is 6.54 Å². The molecule has 0 bridgehead atoms. The number of aryl methyl sites for hydroxylation is 1. The van der Waals surface area contributed by atoms with Gasteiger partial charge in [-0.3, -0.25) is 19.5 Å². The van der Waals surface area contributed by atoms with Gasteiger partial charge in [0.1, 0.15) is 11.3 Å². The second kappa shape index (κ2) is 9.65. The van der Waals surface area contributed by atoms with Crippen LogP contribution in [-0.2, 0) is 16.1 Å². The number of rotatable bonds is 9. The van der Waals surface area contributed by atoms with Crippen LogP contribution in [0.2, 0.25) is 0 Å². The molecule has 0 fully saturated rings. The van der Waals surface area contributed by atoms with Gasteiger partial charge in [0.05, 0.1) is 24.2 Å². The third-order valence-corrected chi connectivity index (χ3v) is 5.24. The standard InChI is InChI=1S/C20H22N4O6S/c1-5-24-17(13-8-7-9-29-13)22-23-20(24)31-10-14(26)21-18-16(19(27)28-6-2)15(11(3)25)12(4)30-18/h7-9H,5-6,10H2,1-4H3,(H,21,26). The van der Waals surface area contributed by atoms with Crippen molar-refractivity contribution in [2.75, 3.05) is 17.7 Å². The number of Topliss-reactive ketones (excluding diaryl/α,β-unsaturated/α-hetero) is 1. The molecule has 164 valence electrons. The molecule has 0 aliphatic carbocycles. The first-order valence-corrected chi connectivity index (χ1v) is 10.6. The molecular formula is C20H22N4O6S. The minimum absolute atomic E-state index is 0.0201. The van der Waals surface area contributed by atoms with Crippen molar-refractivity contribution in [2.24, 2.45) is 0 Å². The monoisotopic (exact) mass is 446 g/mol. The van der Waals surface area contributed by atoms with Gasteiger partial charge < -0.3 is 13.6 Å². The third kappa shape index (κ3) is 4.71. The van der Waals surface area contributed by atoms with Crippen molar-refractivity contribution in [1.82, 2.24) is 14.8 Å². The minimum Gasteiger partial charge on any atom is -0.462 e. The Kier molecular flexibility index (Phi) is 6.95. The Hall–Kier alpha value is -3.34. The molecule has 10 nitrogen and oxygen atoms in total. The molecule has 3 rings (SSSR count). The SMILES string of the molecule is CCOC(=O)c1c(NC(=O)CSc2nnc(-c3ccco3)n2CC)oc(C)c1C(C)=O. The molecule has 0 spiro atoms. The smallest absolute Gasteiger partial charge is 0.344 e. The lowest BCUT2D eigenvalue weighted by molar-refractivity contribution is -0.113. The number of aromatic nitrogens is 3. The predicted molar refractivity (Wildman–Crippen MR) is 112 cm³/mol. The molecule has 1 amide bonds. The molecule has 3 aromatic rings. The third-order valence-electron chi connectivity index (χ3n) is 4.28. The zero-order valence-corrected chi connectivity index (χ0v) is 18.4. The zero-order chi connectivity index (χ0) is 22.5. The van der Waals surface area contributed by atoms with Crippen molar-refractivity contribution in [2.45, 2.75) is 39.4 Å². The second-order valence-electron chi connectivity index (χ2n) is 6.38. The molecule has 0 aliphatic heterocycles. The number of carbonyl (C=O) groups is 3. The number of nitrogens with one attached hydrogen (secondary N) is 1. The van der Waals surface area contributed by atoms with Crippen LogP contribution < -0.4 is 5.32 Å². The summed E-state index contributed by atoms with van der Waals surface area (Å²) >= 11 is 1.17. The largest absolute Gasteiger partial charge is 0.462 e. The molecule has 0 unspecified atom stereocenters. The van der Waals surface area contributed by atoms with Crippen LogP contribution in [-0.4, -0.2) is 44.8 Å². The van der Waals surface area contributed by atoms with E-state index < -0.39 is 11.9 Å². The number of ketones is 1. The fraction of sp³-hybridized carbons (Fsp3) is 0.350. The Morgan fingerprint density at radius 1 is 1.23 bits per heavy atom. The van der Waals surface area contributed by atoms with Crippen molar-refractivity contribution in [3.8, 4) is 11.6 Å². The van der Waals surface area contributed by atoms with Crippen LogP contribution in [0.5, 0.6) is 0 Å². The lowest BCUT2D eigenvalue weighted by atomic mass is 10.1. The van der Waals surface area contributed by atoms with Gasteiger partial charge in [0.25, 0.3) is 0 Å². The summed E-state index contributed by atoms with van der Waals surface area (Å²) in [5.74, 6) is -0.299. The van der Waals surface area contributed by atoms with E-state index in [-0.39, 0.29) is 40.9 Å². The normalized spacial score (nSPS) is 10.8. The number of amides is 1. The van der Waals surface area contributed by atoms with Crippen molar-refractivity contribution in [3.63, 3.8) is 0 Å². The average Bonchev–Trinajstić information content (AvgIpc) is 3.44. The van der Waals surface area contributed by atoms with E-state index in [1.165, 1.54) is 18.7 Å². The van der Waals surface area contributed by atoms with Crippen LogP contribution in [0.4, 0.5) is 5.88 Å². The Labute approximate surface area is 182 Å². The zero-order valence-electron chi connectivity index (χ0n) is 17.6. The summed E-state index contributed by atoms with van der Waals surface area (Å²) in [4.78, 5) is 36.8. The fourth-order valence-corrected chi connectivity index (χ4v) is 3.82. The van der Waals surface area contributed by atoms with E-state index in [9.17, 15) is 14.4 Å². The number of nitrogens with zero attached hydrogens (tertiary/aromatic N) is 3. The number of hydrogen-bond donors (Lipinski definition) is 1. The summed E-state index contributed by atoms with van der Waals surface area (Å²) in [6, 6.07) is 3.53. The highest BCUT2D eigenvalue weighted by molar-refractivity contribution is 7.99. The molecule has 31 heavy (non-hydrogen) atoms. The Morgan fingerprint density at radius 3 is 2.61 bits per heavy atom. The Morgan fingerprint density at radius 2 is 2.00 bits per heavy atom.